The molecule has 4 heteroatoms. The maximum atomic E-state index is 5.89. The second-order valence-electron chi connectivity index (χ2n) is 3.24. The summed E-state index contributed by atoms with van der Waals surface area (Å²) >= 11 is 9.78. The molecule has 2 rings (SSSR count). The van der Waals surface area contributed by atoms with Crippen LogP contribution in [0.25, 0.3) is 0 Å². The second-order valence-corrected chi connectivity index (χ2v) is 6.04. The minimum atomic E-state index is 0.671. The molecule has 2 aromatic rings. The zero-order chi connectivity index (χ0) is 11.5. The van der Waals surface area contributed by atoms with Crippen molar-refractivity contribution in [2.75, 3.05) is 5.73 Å². The van der Waals surface area contributed by atoms with Crippen molar-refractivity contribution in [1.29, 1.82) is 0 Å². The average molecular weight is 362 g/mol. The standard InChI is InChI=1S/C12H9ClINS/c13-8-1-6-12(11(15)7-8)16-10-4-2-9(14)3-5-10/h1-7H,15H2. The molecule has 0 radical (unpaired) electrons. The molecular weight excluding hydrogens is 353 g/mol. The van der Waals surface area contributed by atoms with Crippen LogP contribution in [-0.4, -0.2) is 0 Å². The van der Waals surface area contributed by atoms with E-state index in [4.69, 9.17) is 17.3 Å². The molecule has 0 aliphatic carbocycles. The van der Waals surface area contributed by atoms with Gasteiger partial charge < -0.3 is 5.73 Å². The number of halogens is 2. The second kappa shape index (κ2) is 5.29. The van der Waals surface area contributed by atoms with Gasteiger partial charge in [-0.15, -0.1) is 0 Å². The lowest BCUT2D eigenvalue weighted by Gasteiger charge is -2.05. The van der Waals surface area contributed by atoms with Crippen molar-refractivity contribution in [1.82, 2.24) is 0 Å². The van der Waals surface area contributed by atoms with E-state index in [9.17, 15) is 0 Å². The SMILES string of the molecule is Nc1cc(Cl)ccc1Sc1ccc(I)cc1. The highest BCUT2D eigenvalue weighted by atomic mass is 127. The van der Waals surface area contributed by atoms with E-state index in [1.165, 1.54) is 8.47 Å². The van der Waals surface area contributed by atoms with Crippen molar-refractivity contribution in [3.05, 3.63) is 51.1 Å². The highest BCUT2D eigenvalue weighted by molar-refractivity contribution is 14.1. The maximum absolute atomic E-state index is 5.89. The van der Waals surface area contributed by atoms with Crippen LogP contribution in [0.4, 0.5) is 5.69 Å². The van der Waals surface area contributed by atoms with Crippen LogP contribution in [0.1, 0.15) is 0 Å². The smallest absolute Gasteiger partial charge is 0.0470 e. The van der Waals surface area contributed by atoms with E-state index in [0.29, 0.717) is 5.02 Å². The van der Waals surface area contributed by atoms with E-state index < -0.39 is 0 Å². The molecule has 0 spiro atoms. The van der Waals surface area contributed by atoms with Gasteiger partial charge in [-0.2, -0.15) is 0 Å². The molecule has 0 aliphatic heterocycles. The Morgan fingerprint density at radius 3 is 2.38 bits per heavy atom. The van der Waals surface area contributed by atoms with Crippen molar-refractivity contribution >= 4 is 51.6 Å². The topological polar surface area (TPSA) is 26.0 Å². The van der Waals surface area contributed by atoms with Gasteiger partial charge in [0.2, 0.25) is 0 Å². The van der Waals surface area contributed by atoms with Gasteiger partial charge in [0.15, 0.2) is 0 Å². The summed E-state index contributed by atoms with van der Waals surface area (Å²) in [5.74, 6) is 0. The molecule has 0 saturated heterocycles. The summed E-state index contributed by atoms with van der Waals surface area (Å²) in [5, 5.41) is 0.671. The highest BCUT2D eigenvalue weighted by Crippen LogP contribution is 2.33. The zero-order valence-electron chi connectivity index (χ0n) is 8.28. The summed E-state index contributed by atoms with van der Waals surface area (Å²) in [5.41, 5.74) is 6.61. The summed E-state index contributed by atoms with van der Waals surface area (Å²) in [4.78, 5) is 2.21. The van der Waals surface area contributed by atoms with E-state index in [1.54, 1.807) is 17.8 Å². The number of nitrogens with two attached hydrogens (primary N) is 1. The summed E-state index contributed by atoms with van der Waals surface area (Å²) in [6.45, 7) is 0. The number of anilines is 1. The van der Waals surface area contributed by atoms with Crippen molar-refractivity contribution in [2.45, 2.75) is 9.79 Å². The lowest BCUT2D eigenvalue weighted by Crippen LogP contribution is -1.87. The molecule has 0 aliphatic rings. The number of hydrogen-bond acceptors (Lipinski definition) is 2. The Hall–Kier alpha value is -0.390. The Bertz CT molecular complexity index is 499. The molecule has 16 heavy (non-hydrogen) atoms. The van der Waals surface area contributed by atoms with Crippen LogP contribution >= 0.6 is 46.0 Å². The fraction of sp³-hybridized carbons (Fsp3) is 0. The first-order chi connectivity index (χ1) is 7.65. The first kappa shape index (κ1) is 12.1. The molecule has 0 bridgehead atoms. The van der Waals surface area contributed by atoms with Gasteiger partial charge in [0.25, 0.3) is 0 Å². The van der Waals surface area contributed by atoms with Crippen LogP contribution in [0.15, 0.2) is 52.3 Å². The minimum absolute atomic E-state index is 0.671. The molecule has 0 aromatic heterocycles. The minimum Gasteiger partial charge on any atom is -0.398 e. The molecule has 0 unspecified atom stereocenters. The maximum Gasteiger partial charge on any atom is 0.0470 e. The number of benzene rings is 2. The lowest BCUT2D eigenvalue weighted by molar-refractivity contribution is 1.40. The summed E-state index contributed by atoms with van der Waals surface area (Å²) < 4.78 is 1.23. The zero-order valence-corrected chi connectivity index (χ0v) is 12.0. The largest absolute Gasteiger partial charge is 0.398 e. The van der Waals surface area contributed by atoms with E-state index in [2.05, 4.69) is 46.9 Å². The van der Waals surface area contributed by atoms with Crippen LogP contribution in [0, 0.1) is 3.57 Å². The van der Waals surface area contributed by atoms with Crippen LogP contribution in [0.5, 0.6) is 0 Å². The molecule has 2 aromatic carbocycles. The molecule has 0 saturated carbocycles. The van der Waals surface area contributed by atoms with E-state index in [0.717, 1.165) is 10.6 Å². The normalized spacial score (nSPS) is 10.4. The van der Waals surface area contributed by atoms with Crippen molar-refractivity contribution in [2.24, 2.45) is 0 Å². The first-order valence-electron chi connectivity index (χ1n) is 4.63. The molecule has 0 atom stereocenters. The third-order valence-corrected chi connectivity index (χ3v) is 4.07. The molecule has 0 fully saturated rings. The monoisotopic (exact) mass is 361 g/mol. The Kier molecular flexibility index (Phi) is 4.00. The predicted octanol–water partition coefficient (Wildman–Crippen LogP) is 4.68. The number of rotatable bonds is 2. The number of nitrogen functional groups attached to an aromatic ring is 1. The third kappa shape index (κ3) is 3.06. The van der Waals surface area contributed by atoms with Crippen molar-refractivity contribution < 1.29 is 0 Å². The van der Waals surface area contributed by atoms with Crippen LogP contribution in [0.3, 0.4) is 0 Å². The predicted molar refractivity (Wildman–Crippen MR) is 79.1 cm³/mol. The van der Waals surface area contributed by atoms with Crippen LogP contribution in [-0.2, 0) is 0 Å². The van der Waals surface area contributed by atoms with Gasteiger partial charge >= 0.3 is 0 Å². The van der Waals surface area contributed by atoms with E-state index in [1.807, 2.05) is 12.1 Å². The van der Waals surface area contributed by atoms with Gasteiger partial charge in [0.05, 0.1) is 0 Å². The van der Waals surface area contributed by atoms with E-state index in [-0.39, 0.29) is 0 Å². The van der Waals surface area contributed by atoms with Gasteiger partial charge in [-0.05, 0) is 65.1 Å². The molecular formula is C12H9ClINS. The molecule has 0 amide bonds. The first-order valence-corrected chi connectivity index (χ1v) is 6.91. The molecule has 0 heterocycles. The Balaban J connectivity index is 2.23. The lowest BCUT2D eigenvalue weighted by atomic mass is 10.3. The molecule has 82 valence electrons. The summed E-state index contributed by atoms with van der Waals surface area (Å²) in [6.07, 6.45) is 0. The summed E-state index contributed by atoms with van der Waals surface area (Å²) in [7, 11) is 0. The fourth-order valence-electron chi connectivity index (χ4n) is 1.24. The average Bonchev–Trinajstić information content (AvgIpc) is 2.25. The van der Waals surface area contributed by atoms with Gasteiger partial charge in [-0.25, -0.2) is 0 Å². The highest BCUT2D eigenvalue weighted by Gasteiger charge is 2.02. The van der Waals surface area contributed by atoms with E-state index >= 15 is 0 Å². The quantitative estimate of drug-likeness (QED) is 0.621. The van der Waals surface area contributed by atoms with Crippen LogP contribution < -0.4 is 5.73 Å². The Labute approximate surface area is 118 Å². The molecule has 1 nitrogen and oxygen atoms in total. The van der Waals surface area contributed by atoms with Crippen molar-refractivity contribution in [3.63, 3.8) is 0 Å². The fourth-order valence-corrected chi connectivity index (χ4v) is 2.62. The van der Waals surface area contributed by atoms with Crippen molar-refractivity contribution in [3.8, 4) is 0 Å². The Morgan fingerprint density at radius 1 is 1.06 bits per heavy atom. The van der Waals surface area contributed by atoms with Gasteiger partial charge in [-0.3, -0.25) is 0 Å². The summed E-state index contributed by atoms with van der Waals surface area (Å²) in [6, 6.07) is 13.9. The van der Waals surface area contributed by atoms with Gasteiger partial charge in [-0.1, -0.05) is 23.4 Å². The van der Waals surface area contributed by atoms with Gasteiger partial charge in [0.1, 0.15) is 0 Å². The number of hydrogen-bond donors (Lipinski definition) is 1. The van der Waals surface area contributed by atoms with Gasteiger partial charge in [0, 0.05) is 24.1 Å². The van der Waals surface area contributed by atoms with Crippen LogP contribution in [0.2, 0.25) is 5.02 Å². The Morgan fingerprint density at radius 2 is 1.75 bits per heavy atom. The molecule has 2 N–H and O–H groups in total. The third-order valence-electron chi connectivity index (χ3n) is 2.01.